The van der Waals surface area contributed by atoms with Gasteiger partial charge < -0.3 is 0 Å². The summed E-state index contributed by atoms with van der Waals surface area (Å²) < 4.78 is 0. The average molecular weight is 437 g/mol. The molecule has 31 heavy (non-hydrogen) atoms. The Morgan fingerprint density at radius 1 is 1.00 bits per heavy atom. The molecule has 0 saturated heterocycles. The minimum atomic E-state index is -0.804. The second-order valence-electron chi connectivity index (χ2n) is 7.07. The van der Waals surface area contributed by atoms with Gasteiger partial charge in [0, 0.05) is 17.9 Å². The maximum Gasteiger partial charge on any atom is 0.288 e. The fraction of sp³-hybridized carbons (Fsp3) is 0.136. The van der Waals surface area contributed by atoms with Gasteiger partial charge in [-0.05, 0) is 31.2 Å². The van der Waals surface area contributed by atoms with E-state index in [2.05, 4.69) is 15.8 Å². The van der Waals surface area contributed by atoms with Crippen molar-refractivity contribution in [2.24, 2.45) is 0 Å². The summed E-state index contributed by atoms with van der Waals surface area (Å²) >= 11 is 6.24. The van der Waals surface area contributed by atoms with Crippen LogP contribution >= 0.6 is 11.6 Å². The van der Waals surface area contributed by atoms with Crippen LogP contribution in [0.5, 0.6) is 0 Å². The third-order valence-corrected chi connectivity index (χ3v) is 5.36. The zero-order valence-corrected chi connectivity index (χ0v) is 17.4. The van der Waals surface area contributed by atoms with Gasteiger partial charge in [0.05, 0.1) is 27.7 Å². The molecule has 156 valence electrons. The second kappa shape index (κ2) is 7.81. The molecule has 1 unspecified atom stereocenters. The molecule has 4 amide bonds. The Labute approximate surface area is 182 Å². The minimum Gasteiger partial charge on any atom is -0.274 e. The normalized spacial score (nSPS) is 13.8. The molecule has 8 nitrogen and oxygen atoms in total. The van der Waals surface area contributed by atoms with Crippen LogP contribution in [0.4, 0.5) is 0 Å². The number of amides is 4. The summed E-state index contributed by atoms with van der Waals surface area (Å²) in [4.78, 5) is 55.4. The van der Waals surface area contributed by atoms with Crippen LogP contribution in [0.15, 0.2) is 48.5 Å². The third kappa shape index (κ3) is 3.51. The number of pyridine rings is 1. The number of imide groups is 1. The van der Waals surface area contributed by atoms with E-state index < -0.39 is 29.7 Å². The monoisotopic (exact) mass is 436 g/mol. The molecule has 1 aliphatic heterocycles. The van der Waals surface area contributed by atoms with E-state index in [0.29, 0.717) is 32.6 Å². The van der Waals surface area contributed by atoms with Gasteiger partial charge in [0.15, 0.2) is 0 Å². The smallest absolute Gasteiger partial charge is 0.274 e. The van der Waals surface area contributed by atoms with Crippen LogP contribution in [0, 0.1) is 0 Å². The van der Waals surface area contributed by atoms with Crippen molar-refractivity contribution in [3.05, 3.63) is 75.9 Å². The van der Waals surface area contributed by atoms with Crippen molar-refractivity contribution < 1.29 is 19.2 Å². The lowest BCUT2D eigenvalue weighted by molar-refractivity contribution is -0.119. The first kappa shape index (κ1) is 20.5. The summed E-state index contributed by atoms with van der Waals surface area (Å²) in [6.45, 7) is 2.89. The van der Waals surface area contributed by atoms with Gasteiger partial charge in [-0.1, -0.05) is 35.9 Å². The molecule has 1 atom stereocenters. The Kier molecular flexibility index (Phi) is 5.16. The number of fused-ring (bicyclic) bond motifs is 2. The van der Waals surface area contributed by atoms with Crippen molar-refractivity contribution in [2.45, 2.75) is 19.9 Å². The zero-order chi connectivity index (χ0) is 22.3. The van der Waals surface area contributed by atoms with Crippen LogP contribution in [-0.4, -0.2) is 33.5 Å². The predicted molar refractivity (Wildman–Crippen MR) is 113 cm³/mol. The number of para-hydroxylation sites is 1. The van der Waals surface area contributed by atoms with Gasteiger partial charge >= 0.3 is 0 Å². The van der Waals surface area contributed by atoms with E-state index in [9.17, 15) is 19.2 Å². The Hall–Kier alpha value is -3.78. The number of hydrogen-bond acceptors (Lipinski definition) is 5. The van der Waals surface area contributed by atoms with Crippen molar-refractivity contribution in [1.29, 1.82) is 0 Å². The third-order valence-electron chi connectivity index (χ3n) is 5.06. The molecule has 0 fully saturated rings. The summed E-state index contributed by atoms with van der Waals surface area (Å²) in [5.41, 5.74) is 5.77. The van der Waals surface area contributed by atoms with Crippen LogP contribution in [0.3, 0.4) is 0 Å². The zero-order valence-electron chi connectivity index (χ0n) is 16.6. The van der Waals surface area contributed by atoms with Gasteiger partial charge in [0.25, 0.3) is 17.7 Å². The summed E-state index contributed by atoms with van der Waals surface area (Å²) in [6.07, 6.45) is 0. The van der Waals surface area contributed by atoms with Crippen LogP contribution in [0.1, 0.15) is 56.7 Å². The van der Waals surface area contributed by atoms with Gasteiger partial charge in [-0.3, -0.25) is 34.9 Å². The molecule has 0 aliphatic carbocycles. The molecule has 2 heterocycles. The van der Waals surface area contributed by atoms with Gasteiger partial charge in [-0.25, -0.2) is 4.98 Å². The number of rotatable bonds is 3. The number of hydrogen-bond donors (Lipinski definition) is 2. The summed E-state index contributed by atoms with van der Waals surface area (Å²) in [6, 6.07) is 12.6. The molecule has 2 N–H and O–H groups in total. The average Bonchev–Trinajstić information content (AvgIpc) is 3.01. The fourth-order valence-corrected chi connectivity index (χ4v) is 3.81. The topological polar surface area (TPSA) is 108 Å². The maximum absolute atomic E-state index is 12.9. The highest BCUT2D eigenvalue weighted by atomic mass is 35.5. The first-order valence-electron chi connectivity index (χ1n) is 9.42. The van der Waals surface area contributed by atoms with Crippen molar-refractivity contribution in [2.75, 3.05) is 0 Å². The molecule has 3 aromatic rings. The lowest BCUT2D eigenvalue weighted by Crippen LogP contribution is -2.42. The molecule has 1 aliphatic rings. The second-order valence-corrected chi connectivity index (χ2v) is 7.48. The largest absolute Gasteiger partial charge is 0.288 e. The van der Waals surface area contributed by atoms with E-state index in [0.717, 1.165) is 4.90 Å². The summed E-state index contributed by atoms with van der Waals surface area (Å²) in [5, 5.41) is 0.980. The fourth-order valence-electron chi connectivity index (χ4n) is 3.58. The number of benzene rings is 2. The van der Waals surface area contributed by atoms with E-state index in [1.165, 1.54) is 6.92 Å². The lowest BCUT2D eigenvalue weighted by atomic mass is 10.0. The molecule has 2 aromatic carbocycles. The maximum atomic E-state index is 12.9. The molecule has 9 heteroatoms. The van der Waals surface area contributed by atoms with Crippen molar-refractivity contribution >= 4 is 46.1 Å². The van der Waals surface area contributed by atoms with E-state index in [4.69, 9.17) is 11.6 Å². The van der Waals surface area contributed by atoms with Crippen LogP contribution < -0.4 is 10.9 Å². The van der Waals surface area contributed by atoms with Gasteiger partial charge in [0.1, 0.15) is 5.69 Å². The molecule has 0 bridgehead atoms. The lowest BCUT2D eigenvalue weighted by Gasteiger charge is -2.25. The van der Waals surface area contributed by atoms with Crippen molar-refractivity contribution in [3.63, 3.8) is 0 Å². The number of carbonyl (C=O) groups is 4. The Balaban J connectivity index is 1.83. The van der Waals surface area contributed by atoms with E-state index in [1.54, 1.807) is 55.5 Å². The van der Waals surface area contributed by atoms with Crippen LogP contribution in [-0.2, 0) is 4.79 Å². The van der Waals surface area contributed by atoms with Crippen LogP contribution in [0.2, 0.25) is 5.02 Å². The van der Waals surface area contributed by atoms with E-state index >= 15 is 0 Å². The van der Waals surface area contributed by atoms with Crippen LogP contribution in [0.25, 0.3) is 10.9 Å². The first-order valence-corrected chi connectivity index (χ1v) is 9.80. The van der Waals surface area contributed by atoms with Gasteiger partial charge in [-0.2, -0.15) is 0 Å². The number of nitrogens with zero attached hydrogens (tertiary/aromatic N) is 2. The standard InChI is InChI=1S/C22H17ClN4O4/c1-11(27-21(30)14-7-3-4-8-15(14)22(27)31)16-10-13-6-5-9-17(23)18(13)24-19(16)20(29)26-25-12(2)28/h3-11H,1-2H3,(H,25,28)(H,26,29). The van der Waals surface area contributed by atoms with E-state index in [-0.39, 0.29) is 5.69 Å². The molecule has 0 saturated carbocycles. The Bertz CT molecular complexity index is 1240. The molecule has 0 radical (unpaired) electrons. The predicted octanol–water partition coefficient (Wildman–Crippen LogP) is 3.03. The number of hydrazine groups is 1. The quantitative estimate of drug-likeness (QED) is 0.484. The SMILES string of the molecule is CC(=O)NNC(=O)c1nc2c(Cl)cccc2cc1C(C)N1C(=O)c2ccccc2C1=O. The summed E-state index contributed by atoms with van der Waals surface area (Å²) in [5.74, 6) is -2.07. The molecule has 4 rings (SSSR count). The number of halogens is 1. The highest BCUT2D eigenvalue weighted by molar-refractivity contribution is 6.35. The molecule has 1 aromatic heterocycles. The highest BCUT2D eigenvalue weighted by Gasteiger charge is 2.40. The molecular formula is C22H17ClN4O4. The Morgan fingerprint density at radius 2 is 1.65 bits per heavy atom. The highest BCUT2D eigenvalue weighted by Crippen LogP contribution is 2.34. The van der Waals surface area contributed by atoms with Crippen molar-refractivity contribution in [1.82, 2.24) is 20.7 Å². The van der Waals surface area contributed by atoms with E-state index in [1.807, 2.05) is 0 Å². The number of aromatic nitrogens is 1. The molecular weight excluding hydrogens is 420 g/mol. The van der Waals surface area contributed by atoms with Gasteiger partial charge in [-0.15, -0.1) is 0 Å². The van der Waals surface area contributed by atoms with Gasteiger partial charge in [0.2, 0.25) is 5.91 Å². The molecule has 0 spiro atoms. The number of nitrogens with one attached hydrogen (secondary N) is 2. The summed E-state index contributed by atoms with van der Waals surface area (Å²) in [7, 11) is 0. The number of carbonyl (C=O) groups excluding carboxylic acids is 4. The minimum absolute atomic E-state index is 0.0570. The Morgan fingerprint density at radius 3 is 2.26 bits per heavy atom. The first-order chi connectivity index (χ1) is 14.8. The van der Waals surface area contributed by atoms with Crippen molar-refractivity contribution in [3.8, 4) is 0 Å².